The van der Waals surface area contributed by atoms with E-state index in [2.05, 4.69) is 16.8 Å². The minimum atomic E-state index is -0.927. The van der Waals surface area contributed by atoms with Crippen molar-refractivity contribution in [2.75, 3.05) is 5.32 Å². The molecule has 3 aromatic carbocycles. The molecule has 2 heterocycles. The van der Waals surface area contributed by atoms with E-state index in [0.29, 0.717) is 17.7 Å². The van der Waals surface area contributed by atoms with Crippen LogP contribution in [-0.4, -0.2) is 25.6 Å². The number of carbonyl (C=O) groups is 1. The Morgan fingerprint density at radius 2 is 1.66 bits per heavy atom. The smallest absolute Gasteiger partial charge is 0.336 e. The molecule has 0 amide bonds. The Bertz CT molecular complexity index is 1510. The Morgan fingerprint density at radius 1 is 0.943 bits per heavy atom. The zero-order valence-corrected chi connectivity index (χ0v) is 19.7. The minimum absolute atomic E-state index is 0.298. The maximum atomic E-state index is 11.6. The van der Waals surface area contributed by atoms with Gasteiger partial charge in [0, 0.05) is 17.8 Å². The van der Waals surface area contributed by atoms with Crippen LogP contribution < -0.4 is 5.32 Å². The lowest BCUT2D eigenvalue weighted by atomic mass is 9.99. The summed E-state index contributed by atoms with van der Waals surface area (Å²) in [5.41, 5.74) is 7.54. The van der Waals surface area contributed by atoms with Crippen LogP contribution in [0.5, 0.6) is 0 Å². The van der Waals surface area contributed by atoms with Crippen molar-refractivity contribution < 1.29 is 9.90 Å². The summed E-state index contributed by atoms with van der Waals surface area (Å²) < 4.78 is 2.17. The van der Waals surface area contributed by atoms with Crippen molar-refractivity contribution in [2.45, 2.75) is 26.8 Å². The van der Waals surface area contributed by atoms with Crippen molar-refractivity contribution in [3.8, 4) is 11.1 Å². The number of para-hydroxylation sites is 1. The van der Waals surface area contributed by atoms with Crippen LogP contribution >= 0.6 is 0 Å². The highest BCUT2D eigenvalue weighted by atomic mass is 16.4. The molecule has 2 aromatic heterocycles. The molecule has 0 aliphatic rings. The highest BCUT2D eigenvalue weighted by molar-refractivity contribution is 5.96. The van der Waals surface area contributed by atoms with Gasteiger partial charge in [0.25, 0.3) is 0 Å². The van der Waals surface area contributed by atoms with E-state index in [9.17, 15) is 9.90 Å². The molecule has 0 saturated carbocycles. The Hall–Kier alpha value is -4.45. The number of benzene rings is 3. The fraction of sp³-hybridized carbons (Fsp3) is 0.138. The average molecular weight is 463 g/mol. The van der Waals surface area contributed by atoms with Crippen molar-refractivity contribution >= 4 is 28.5 Å². The topological polar surface area (TPSA) is 80.0 Å². The third-order valence-corrected chi connectivity index (χ3v) is 6.04. The van der Waals surface area contributed by atoms with E-state index in [-0.39, 0.29) is 0 Å². The van der Waals surface area contributed by atoms with Crippen molar-refractivity contribution in [3.05, 3.63) is 108 Å². The van der Waals surface area contributed by atoms with Crippen molar-refractivity contribution in [2.24, 2.45) is 0 Å². The summed E-state index contributed by atoms with van der Waals surface area (Å²) in [4.78, 5) is 21.4. The van der Waals surface area contributed by atoms with E-state index < -0.39 is 5.97 Å². The van der Waals surface area contributed by atoms with Crippen LogP contribution in [0.2, 0.25) is 0 Å². The number of aromatic carboxylic acids is 1. The number of hydrogen-bond donors (Lipinski definition) is 2. The largest absolute Gasteiger partial charge is 0.478 e. The van der Waals surface area contributed by atoms with Gasteiger partial charge < -0.3 is 15.0 Å². The monoisotopic (exact) mass is 462 g/mol. The number of hydrogen-bond acceptors (Lipinski definition) is 4. The second-order valence-electron chi connectivity index (χ2n) is 8.49. The van der Waals surface area contributed by atoms with Gasteiger partial charge in [-0.2, -0.15) is 0 Å². The van der Waals surface area contributed by atoms with Crippen LogP contribution in [-0.2, 0) is 13.0 Å². The highest BCUT2D eigenvalue weighted by Crippen LogP contribution is 2.29. The number of aryl methyl sites for hydroxylation is 2. The molecule has 0 bridgehead atoms. The van der Waals surface area contributed by atoms with Gasteiger partial charge in [-0.25, -0.2) is 14.8 Å². The molecule has 0 spiro atoms. The van der Waals surface area contributed by atoms with E-state index in [1.54, 1.807) is 12.1 Å². The minimum Gasteiger partial charge on any atom is -0.478 e. The summed E-state index contributed by atoms with van der Waals surface area (Å²) in [5.74, 6) is 0.0398. The zero-order valence-electron chi connectivity index (χ0n) is 19.7. The summed E-state index contributed by atoms with van der Waals surface area (Å²) in [7, 11) is 0. The normalized spacial score (nSPS) is 11.0. The Labute approximate surface area is 203 Å². The third-order valence-electron chi connectivity index (χ3n) is 6.04. The van der Waals surface area contributed by atoms with Crippen LogP contribution in [0, 0.1) is 6.92 Å². The Balaban J connectivity index is 1.50. The van der Waals surface area contributed by atoms with Gasteiger partial charge in [0.05, 0.1) is 17.8 Å². The van der Waals surface area contributed by atoms with Gasteiger partial charge in [-0.15, -0.1) is 0 Å². The second kappa shape index (κ2) is 9.43. The first-order chi connectivity index (χ1) is 17.0. The molecule has 0 fully saturated rings. The number of carboxylic acids is 1. The molecule has 0 atom stereocenters. The molecule has 0 unspecified atom stereocenters. The standard InChI is InChI=1S/C29H26N4O2/c1-3-26-32-27-25(31-22-9-5-4-6-10-22)17-19(2)30-28(27)33(26)18-20-13-15-21(16-14-20)23-11-7-8-12-24(23)29(34)35/h4-17H,3,18H2,1-2H3,(H,30,31)(H,34,35). The summed E-state index contributed by atoms with van der Waals surface area (Å²) in [6.07, 6.45) is 0.782. The molecule has 5 aromatic rings. The summed E-state index contributed by atoms with van der Waals surface area (Å²) in [5, 5.41) is 13.0. The number of anilines is 2. The zero-order chi connectivity index (χ0) is 24.4. The van der Waals surface area contributed by atoms with E-state index >= 15 is 0 Å². The van der Waals surface area contributed by atoms with Crippen LogP contribution in [0.4, 0.5) is 11.4 Å². The van der Waals surface area contributed by atoms with Gasteiger partial charge in [-0.3, -0.25) is 0 Å². The van der Waals surface area contributed by atoms with Crippen LogP contribution in [0.15, 0.2) is 84.9 Å². The van der Waals surface area contributed by atoms with E-state index in [1.807, 2.05) is 79.7 Å². The summed E-state index contributed by atoms with van der Waals surface area (Å²) >= 11 is 0. The molecule has 0 aliphatic heterocycles. The number of pyridine rings is 1. The number of imidazole rings is 1. The maximum Gasteiger partial charge on any atom is 0.336 e. The van der Waals surface area contributed by atoms with E-state index in [4.69, 9.17) is 9.97 Å². The lowest BCUT2D eigenvalue weighted by molar-refractivity contribution is 0.0697. The highest BCUT2D eigenvalue weighted by Gasteiger charge is 2.16. The molecule has 2 N–H and O–H groups in total. The number of aromatic nitrogens is 3. The second-order valence-corrected chi connectivity index (χ2v) is 8.49. The van der Waals surface area contributed by atoms with Gasteiger partial charge in [0.15, 0.2) is 5.65 Å². The molecule has 0 saturated heterocycles. The molecule has 35 heavy (non-hydrogen) atoms. The van der Waals surface area contributed by atoms with Gasteiger partial charge in [0.1, 0.15) is 11.3 Å². The van der Waals surface area contributed by atoms with Gasteiger partial charge in [-0.05, 0) is 47.9 Å². The van der Waals surface area contributed by atoms with Gasteiger partial charge in [0.2, 0.25) is 0 Å². The lowest BCUT2D eigenvalue weighted by Crippen LogP contribution is -2.06. The molecule has 5 rings (SSSR count). The number of nitrogens with one attached hydrogen (secondary N) is 1. The predicted octanol–water partition coefficient (Wildman–Crippen LogP) is 6.46. The number of nitrogens with zero attached hydrogens (tertiary/aromatic N) is 3. The average Bonchev–Trinajstić information content (AvgIpc) is 3.22. The van der Waals surface area contributed by atoms with Crippen LogP contribution in [0.1, 0.15) is 34.4 Å². The molecule has 174 valence electrons. The SMILES string of the molecule is CCc1nc2c(Nc3ccccc3)cc(C)nc2n1Cc1ccc(-c2ccccc2C(=O)O)cc1. The van der Waals surface area contributed by atoms with Gasteiger partial charge in [-0.1, -0.05) is 67.6 Å². The molecule has 6 heteroatoms. The fourth-order valence-electron chi connectivity index (χ4n) is 4.36. The van der Waals surface area contributed by atoms with E-state index in [0.717, 1.165) is 51.6 Å². The third kappa shape index (κ3) is 4.51. The van der Waals surface area contributed by atoms with Crippen molar-refractivity contribution in [1.82, 2.24) is 14.5 Å². The summed E-state index contributed by atoms with van der Waals surface area (Å²) in [6, 6.07) is 27.2. The molecule has 6 nitrogen and oxygen atoms in total. The Morgan fingerprint density at radius 3 is 2.37 bits per heavy atom. The van der Waals surface area contributed by atoms with Crippen LogP contribution in [0.25, 0.3) is 22.3 Å². The molecular formula is C29H26N4O2. The summed E-state index contributed by atoms with van der Waals surface area (Å²) in [6.45, 7) is 4.72. The molecule has 0 radical (unpaired) electrons. The fourth-order valence-corrected chi connectivity index (χ4v) is 4.36. The number of fused-ring (bicyclic) bond motifs is 1. The number of rotatable bonds is 7. The number of carboxylic acid groups (broad SMARTS) is 1. The lowest BCUT2D eigenvalue weighted by Gasteiger charge is -2.11. The molecule has 0 aliphatic carbocycles. The maximum absolute atomic E-state index is 11.6. The van der Waals surface area contributed by atoms with Crippen molar-refractivity contribution in [1.29, 1.82) is 0 Å². The van der Waals surface area contributed by atoms with Gasteiger partial charge >= 0.3 is 5.97 Å². The van der Waals surface area contributed by atoms with Crippen LogP contribution in [0.3, 0.4) is 0 Å². The van der Waals surface area contributed by atoms with Crippen molar-refractivity contribution in [3.63, 3.8) is 0 Å². The Kier molecular flexibility index (Phi) is 6.02. The predicted molar refractivity (Wildman–Crippen MR) is 139 cm³/mol. The molecular weight excluding hydrogens is 436 g/mol. The quantitative estimate of drug-likeness (QED) is 0.290. The first-order valence-electron chi connectivity index (χ1n) is 11.6. The first-order valence-corrected chi connectivity index (χ1v) is 11.6. The van der Waals surface area contributed by atoms with E-state index in [1.165, 1.54) is 0 Å². The first kappa shape index (κ1) is 22.3.